The van der Waals surface area contributed by atoms with Gasteiger partial charge in [0.1, 0.15) is 19.0 Å². The molecule has 8 heteroatoms. The number of aromatic nitrogens is 1. The van der Waals surface area contributed by atoms with Crippen LogP contribution in [0.5, 0.6) is 11.5 Å². The fourth-order valence-electron chi connectivity index (χ4n) is 4.54. The number of likely N-dealkylation sites (tertiary alicyclic amines) is 1. The van der Waals surface area contributed by atoms with Gasteiger partial charge < -0.3 is 24.0 Å². The van der Waals surface area contributed by atoms with E-state index in [1.165, 1.54) is 0 Å². The quantitative estimate of drug-likeness (QED) is 0.680. The van der Waals surface area contributed by atoms with Crippen molar-refractivity contribution in [3.8, 4) is 11.5 Å². The van der Waals surface area contributed by atoms with Gasteiger partial charge in [0.2, 0.25) is 0 Å². The molecule has 3 aliphatic heterocycles. The van der Waals surface area contributed by atoms with Crippen LogP contribution in [0.2, 0.25) is 0 Å². The lowest BCUT2D eigenvalue weighted by atomic mass is 9.88. The van der Waals surface area contributed by atoms with Gasteiger partial charge in [-0.1, -0.05) is 0 Å². The molecule has 0 spiro atoms. The summed E-state index contributed by atoms with van der Waals surface area (Å²) in [5, 5.41) is 0. The molecule has 0 bridgehead atoms. The van der Waals surface area contributed by atoms with Gasteiger partial charge in [0.25, 0.3) is 5.91 Å². The molecule has 3 aliphatic rings. The second-order valence-electron chi connectivity index (χ2n) is 8.26. The van der Waals surface area contributed by atoms with Crippen LogP contribution in [0.15, 0.2) is 36.5 Å². The number of anilines is 1. The first-order chi connectivity index (χ1) is 15.7. The van der Waals surface area contributed by atoms with Gasteiger partial charge in [-0.15, -0.1) is 0 Å². The number of amides is 1. The number of carbonyl (C=O) groups excluding carboxylic acids is 2. The highest BCUT2D eigenvalue weighted by atomic mass is 16.6. The second-order valence-corrected chi connectivity index (χ2v) is 8.26. The molecule has 0 saturated carbocycles. The zero-order valence-electron chi connectivity index (χ0n) is 18.0. The van der Waals surface area contributed by atoms with Crippen LogP contribution in [0.1, 0.15) is 33.6 Å². The Balaban J connectivity index is 1.24. The Bertz CT molecular complexity index is 997. The van der Waals surface area contributed by atoms with Crippen molar-refractivity contribution in [3.63, 3.8) is 0 Å². The van der Waals surface area contributed by atoms with Crippen molar-refractivity contribution >= 4 is 17.5 Å². The summed E-state index contributed by atoms with van der Waals surface area (Å²) in [5.74, 6) is 2.00. The van der Waals surface area contributed by atoms with Crippen LogP contribution in [-0.2, 0) is 4.74 Å². The molecule has 2 saturated heterocycles. The Morgan fingerprint density at radius 2 is 1.66 bits per heavy atom. The minimum Gasteiger partial charge on any atom is -0.486 e. The molecule has 32 heavy (non-hydrogen) atoms. The first-order valence-electron chi connectivity index (χ1n) is 11.2. The van der Waals surface area contributed by atoms with Crippen LogP contribution < -0.4 is 14.4 Å². The molecule has 0 aliphatic carbocycles. The maximum Gasteiger partial charge on any atom is 0.257 e. The highest BCUT2D eigenvalue weighted by molar-refractivity contribution is 6.00. The number of ketones is 1. The average molecular weight is 437 g/mol. The summed E-state index contributed by atoms with van der Waals surface area (Å²) in [4.78, 5) is 34.8. The summed E-state index contributed by atoms with van der Waals surface area (Å²) >= 11 is 0. The number of morpholine rings is 1. The zero-order chi connectivity index (χ0) is 21.9. The third-order valence-corrected chi connectivity index (χ3v) is 6.31. The standard InChI is InChI=1S/C24H27N3O5/c28-22(18-3-4-20-21(16-18)32-15-14-31-20)17-5-8-27(9-6-17)24(29)19-2-1-7-25-23(19)26-10-12-30-13-11-26/h1-4,7,16-17H,5-6,8-15H2. The van der Waals surface area contributed by atoms with Crippen molar-refractivity contribution < 1.29 is 23.8 Å². The Morgan fingerprint density at radius 1 is 0.906 bits per heavy atom. The molecule has 2 aromatic rings. The van der Waals surface area contributed by atoms with Gasteiger partial charge in [-0.3, -0.25) is 9.59 Å². The first kappa shape index (κ1) is 20.8. The van der Waals surface area contributed by atoms with Crippen molar-refractivity contribution in [2.24, 2.45) is 5.92 Å². The number of rotatable bonds is 4. The van der Waals surface area contributed by atoms with Crippen LogP contribution in [0.25, 0.3) is 0 Å². The molecule has 0 radical (unpaired) electrons. The summed E-state index contributed by atoms with van der Waals surface area (Å²) in [7, 11) is 0. The minimum absolute atomic E-state index is 0.0233. The van der Waals surface area contributed by atoms with E-state index in [1.807, 2.05) is 11.0 Å². The van der Waals surface area contributed by atoms with Crippen LogP contribution in [-0.4, -0.2) is 74.2 Å². The van der Waals surface area contributed by atoms with Gasteiger partial charge in [-0.05, 0) is 43.2 Å². The molecular formula is C24H27N3O5. The van der Waals surface area contributed by atoms with Gasteiger partial charge in [0.15, 0.2) is 17.3 Å². The SMILES string of the molecule is O=C(c1ccc2c(c1)OCCO2)C1CCN(C(=O)c2cccnc2N2CCOCC2)CC1. The van der Waals surface area contributed by atoms with E-state index in [0.29, 0.717) is 75.0 Å². The molecule has 1 aromatic heterocycles. The number of Topliss-reactive ketones (excluding diaryl/α,β-unsaturated/α-hetero) is 1. The van der Waals surface area contributed by atoms with Crippen molar-refractivity contribution in [2.75, 3.05) is 57.5 Å². The number of hydrogen-bond donors (Lipinski definition) is 0. The van der Waals surface area contributed by atoms with E-state index in [-0.39, 0.29) is 17.6 Å². The fraction of sp³-hybridized carbons (Fsp3) is 0.458. The fourth-order valence-corrected chi connectivity index (χ4v) is 4.54. The van der Waals surface area contributed by atoms with Gasteiger partial charge >= 0.3 is 0 Å². The minimum atomic E-state index is -0.103. The van der Waals surface area contributed by atoms with Crippen molar-refractivity contribution in [1.82, 2.24) is 9.88 Å². The number of carbonyl (C=O) groups is 2. The van der Waals surface area contributed by atoms with Crippen molar-refractivity contribution in [2.45, 2.75) is 12.8 Å². The van der Waals surface area contributed by atoms with Crippen LogP contribution in [0.4, 0.5) is 5.82 Å². The molecule has 1 amide bonds. The van der Waals surface area contributed by atoms with Gasteiger partial charge in [-0.2, -0.15) is 0 Å². The normalized spacial score (nSPS) is 19.0. The predicted molar refractivity (Wildman–Crippen MR) is 118 cm³/mol. The maximum absolute atomic E-state index is 13.3. The average Bonchev–Trinajstić information content (AvgIpc) is 2.88. The molecule has 5 rings (SSSR count). The van der Waals surface area contributed by atoms with Gasteiger partial charge in [0, 0.05) is 43.9 Å². The monoisotopic (exact) mass is 437 g/mol. The van der Waals surface area contributed by atoms with Crippen LogP contribution in [0.3, 0.4) is 0 Å². The third kappa shape index (κ3) is 4.14. The van der Waals surface area contributed by atoms with Crippen LogP contribution >= 0.6 is 0 Å². The molecule has 0 N–H and O–H groups in total. The van der Waals surface area contributed by atoms with E-state index < -0.39 is 0 Å². The lowest BCUT2D eigenvalue weighted by molar-refractivity contribution is 0.0649. The Labute approximate surface area is 187 Å². The van der Waals surface area contributed by atoms with Crippen molar-refractivity contribution in [1.29, 1.82) is 0 Å². The summed E-state index contributed by atoms with van der Waals surface area (Å²) in [6, 6.07) is 9.02. The summed E-state index contributed by atoms with van der Waals surface area (Å²) < 4.78 is 16.6. The Hall–Kier alpha value is -3.13. The number of pyridine rings is 1. The largest absolute Gasteiger partial charge is 0.486 e. The molecule has 4 heterocycles. The maximum atomic E-state index is 13.3. The molecule has 1 aromatic carbocycles. The Kier molecular flexibility index (Phi) is 5.94. The first-order valence-corrected chi connectivity index (χ1v) is 11.2. The molecular weight excluding hydrogens is 410 g/mol. The number of piperidine rings is 1. The third-order valence-electron chi connectivity index (χ3n) is 6.31. The summed E-state index contributed by atoms with van der Waals surface area (Å²) in [6.45, 7) is 4.85. The number of hydrogen-bond acceptors (Lipinski definition) is 7. The molecule has 0 unspecified atom stereocenters. The highest BCUT2D eigenvalue weighted by Gasteiger charge is 2.31. The van der Waals surface area contributed by atoms with E-state index in [9.17, 15) is 9.59 Å². The smallest absolute Gasteiger partial charge is 0.257 e. The Morgan fingerprint density at radius 3 is 2.44 bits per heavy atom. The molecule has 0 atom stereocenters. The van der Waals surface area contributed by atoms with Gasteiger partial charge in [-0.25, -0.2) is 4.98 Å². The lowest BCUT2D eigenvalue weighted by Gasteiger charge is -2.33. The second kappa shape index (κ2) is 9.16. The zero-order valence-corrected chi connectivity index (χ0v) is 18.0. The number of benzene rings is 1. The van der Waals surface area contributed by atoms with E-state index in [0.717, 1.165) is 18.9 Å². The van der Waals surface area contributed by atoms with E-state index in [4.69, 9.17) is 14.2 Å². The van der Waals surface area contributed by atoms with E-state index in [2.05, 4.69) is 9.88 Å². The molecule has 8 nitrogen and oxygen atoms in total. The highest BCUT2D eigenvalue weighted by Crippen LogP contribution is 2.33. The van der Waals surface area contributed by atoms with Crippen LogP contribution in [0, 0.1) is 5.92 Å². The summed E-state index contributed by atoms with van der Waals surface area (Å²) in [6.07, 6.45) is 3.01. The van der Waals surface area contributed by atoms with Crippen molar-refractivity contribution in [3.05, 3.63) is 47.7 Å². The lowest BCUT2D eigenvalue weighted by Crippen LogP contribution is -2.42. The summed E-state index contributed by atoms with van der Waals surface area (Å²) in [5.41, 5.74) is 1.26. The number of nitrogens with zero attached hydrogens (tertiary/aromatic N) is 3. The number of fused-ring (bicyclic) bond motifs is 1. The molecule has 2 fully saturated rings. The van der Waals surface area contributed by atoms with Gasteiger partial charge in [0.05, 0.1) is 18.8 Å². The topological polar surface area (TPSA) is 81.2 Å². The molecule has 168 valence electrons. The van der Waals surface area contributed by atoms with E-state index in [1.54, 1.807) is 30.5 Å². The van der Waals surface area contributed by atoms with E-state index >= 15 is 0 Å². The number of ether oxygens (including phenoxy) is 3. The predicted octanol–water partition coefficient (Wildman–Crippen LogP) is 2.42.